The number of hydrogen-bond acceptors (Lipinski definition) is 4. The Bertz CT molecular complexity index is 801. The summed E-state index contributed by atoms with van der Waals surface area (Å²) in [6, 6.07) is 19.0. The Morgan fingerprint density at radius 2 is 1.64 bits per heavy atom. The molecule has 4 rings (SSSR count). The monoisotopic (exact) mass is 378 g/mol. The third-order valence-corrected chi connectivity index (χ3v) is 6.07. The number of anilines is 1. The number of para-hydroxylation sites is 1. The number of aryl methyl sites for hydroxylation is 1. The standard InChI is InChI=1S/C23H30N4O/c1-17-8-6-7-11-21(17)26-12-14-27(15-13-26)23-24-18(2)20(22(28)25-23)16-19-9-4-3-5-10-19/h3-11,18,20,23-24H,12-16H2,1-2H3,(H,25,28). The van der Waals surface area contributed by atoms with Crippen molar-refractivity contribution in [1.82, 2.24) is 15.5 Å². The lowest BCUT2D eigenvalue weighted by molar-refractivity contribution is -0.132. The predicted octanol–water partition coefficient (Wildman–Crippen LogP) is 2.37. The zero-order valence-corrected chi connectivity index (χ0v) is 16.8. The van der Waals surface area contributed by atoms with Crippen LogP contribution in [0.2, 0.25) is 0 Å². The van der Waals surface area contributed by atoms with E-state index in [0.29, 0.717) is 0 Å². The van der Waals surface area contributed by atoms with Gasteiger partial charge < -0.3 is 10.2 Å². The molecule has 3 unspecified atom stereocenters. The zero-order chi connectivity index (χ0) is 19.5. The molecule has 1 amide bonds. The molecule has 2 aliphatic rings. The van der Waals surface area contributed by atoms with Crippen molar-refractivity contribution in [2.24, 2.45) is 5.92 Å². The van der Waals surface area contributed by atoms with Crippen molar-refractivity contribution in [3.05, 3.63) is 65.7 Å². The fraction of sp³-hybridized carbons (Fsp3) is 0.435. The van der Waals surface area contributed by atoms with Gasteiger partial charge in [-0.3, -0.25) is 15.0 Å². The summed E-state index contributed by atoms with van der Waals surface area (Å²) >= 11 is 0. The first-order valence-corrected chi connectivity index (χ1v) is 10.3. The summed E-state index contributed by atoms with van der Waals surface area (Å²) in [6.45, 7) is 8.11. The molecule has 2 saturated heterocycles. The van der Waals surface area contributed by atoms with Crippen molar-refractivity contribution in [2.75, 3.05) is 31.1 Å². The van der Waals surface area contributed by atoms with Gasteiger partial charge in [-0.05, 0) is 37.5 Å². The van der Waals surface area contributed by atoms with Crippen LogP contribution in [0, 0.1) is 12.8 Å². The second-order valence-electron chi connectivity index (χ2n) is 7.97. The van der Waals surface area contributed by atoms with Crippen LogP contribution < -0.4 is 15.5 Å². The average molecular weight is 379 g/mol. The molecule has 2 aromatic carbocycles. The maximum atomic E-state index is 12.8. The molecular formula is C23H30N4O. The molecule has 28 heavy (non-hydrogen) atoms. The van der Waals surface area contributed by atoms with E-state index in [0.717, 1.165) is 32.6 Å². The van der Waals surface area contributed by atoms with Crippen LogP contribution in [-0.2, 0) is 11.2 Å². The van der Waals surface area contributed by atoms with Gasteiger partial charge in [-0.1, -0.05) is 48.5 Å². The van der Waals surface area contributed by atoms with Crippen LogP contribution in [0.25, 0.3) is 0 Å². The largest absolute Gasteiger partial charge is 0.369 e. The van der Waals surface area contributed by atoms with Gasteiger partial charge in [0.1, 0.15) is 6.29 Å². The zero-order valence-electron chi connectivity index (χ0n) is 16.8. The van der Waals surface area contributed by atoms with Crippen molar-refractivity contribution >= 4 is 11.6 Å². The molecule has 2 heterocycles. The van der Waals surface area contributed by atoms with Crippen molar-refractivity contribution in [3.8, 4) is 0 Å². The highest BCUT2D eigenvalue weighted by Gasteiger charge is 2.36. The SMILES string of the molecule is Cc1ccccc1N1CCN(C2NC(=O)C(Cc3ccccc3)C(C)N2)CC1. The Kier molecular flexibility index (Phi) is 5.64. The van der Waals surface area contributed by atoms with Crippen LogP contribution in [-0.4, -0.2) is 49.3 Å². The van der Waals surface area contributed by atoms with Crippen LogP contribution in [0.15, 0.2) is 54.6 Å². The van der Waals surface area contributed by atoms with Crippen LogP contribution in [0.4, 0.5) is 5.69 Å². The maximum absolute atomic E-state index is 12.8. The predicted molar refractivity (Wildman–Crippen MR) is 113 cm³/mol. The molecule has 5 heteroatoms. The van der Waals surface area contributed by atoms with Gasteiger partial charge in [-0.25, -0.2) is 0 Å². The fourth-order valence-electron chi connectivity index (χ4n) is 4.35. The molecule has 0 aromatic heterocycles. The number of hydrogen-bond donors (Lipinski definition) is 2. The van der Waals surface area contributed by atoms with Gasteiger partial charge in [-0.15, -0.1) is 0 Å². The summed E-state index contributed by atoms with van der Waals surface area (Å²) in [7, 11) is 0. The smallest absolute Gasteiger partial charge is 0.227 e. The minimum absolute atomic E-state index is 0.0353. The normalized spacial score (nSPS) is 26.1. The Balaban J connectivity index is 1.34. The number of carbonyl (C=O) groups excluding carboxylic acids is 1. The van der Waals surface area contributed by atoms with Gasteiger partial charge in [-0.2, -0.15) is 0 Å². The maximum Gasteiger partial charge on any atom is 0.227 e. The Hall–Kier alpha value is -2.37. The molecule has 3 atom stereocenters. The van der Waals surface area contributed by atoms with E-state index in [1.807, 2.05) is 18.2 Å². The molecule has 2 aromatic rings. The minimum atomic E-state index is -0.0754. The number of piperazine rings is 1. The van der Waals surface area contributed by atoms with Gasteiger partial charge in [0.25, 0.3) is 0 Å². The van der Waals surface area contributed by atoms with Crippen molar-refractivity contribution in [2.45, 2.75) is 32.6 Å². The molecule has 148 valence electrons. The van der Waals surface area contributed by atoms with E-state index in [2.05, 4.69) is 70.7 Å². The van der Waals surface area contributed by atoms with Crippen molar-refractivity contribution in [3.63, 3.8) is 0 Å². The molecule has 2 fully saturated rings. The quantitative estimate of drug-likeness (QED) is 0.858. The highest BCUT2D eigenvalue weighted by molar-refractivity contribution is 5.80. The number of nitrogens with zero attached hydrogens (tertiary/aromatic N) is 2. The minimum Gasteiger partial charge on any atom is -0.369 e. The van der Waals surface area contributed by atoms with Gasteiger partial charge in [0.2, 0.25) is 5.91 Å². The number of carbonyl (C=O) groups is 1. The number of benzene rings is 2. The van der Waals surface area contributed by atoms with Crippen molar-refractivity contribution in [1.29, 1.82) is 0 Å². The topological polar surface area (TPSA) is 47.6 Å². The van der Waals surface area contributed by atoms with E-state index in [4.69, 9.17) is 0 Å². The van der Waals surface area contributed by atoms with Gasteiger partial charge in [0, 0.05) is 37.9 Å². The molecule has 2 aliphatic heterocycles. The molecule has 0 radical (unpaired) electrons. The summed E-state index contributed by atoms with van der Waals surface area (Å²) < 4.78 is 0. The first kappa shape index (κ1) is 19.0. The summed E-state index contributed by atoms with van der Waals surface area (Å²) in [5.41, 5.74) is 3.85. The first-order valence-electron chi connectivity index (χ1n) is 10.3. The number of nitrogens with one attached hydrogen (secondary N) is 2. The highest BCUT2D eigenvalue weighted by Crippen LogP contribution is 2.22. The summed E-state index contributed by atoms with van der Waals surface area (Å²) in [5, 5.41) is 6.84. The number of amides is 1. The van der Waals surface area contributed by atoms with E-state index >= 15 is 0 Å². The van der Waals surface area contributed by atoms with E-state index in [1.54, 1.807) is 0 Å². The van der Waals surface area contributed by atoms with Crippen molar-refractivity contribution < 1.29 is 4.79 Å². The molecule has 0 aliphatic carbocycles. The van der Waals surface area contributed by atoms with Gasteiger partial charge in [0.15, 0.2) is 0 Å². The van der Waals surface area contributed by atoms with E-state index in [1.165, 1.54) is 16.8 Å². The lowest BCUT2D eigenvalue weighted by Crippen LogP contribution is -2.69. The molecule has 0 bridgehead atoms. The molecule has 2 N–H and O–H groups in total. The summed E-state index contributed by atoms with van der Waals surface area (Å²) in [4.78, 5) is 17.6. The van der Waals surface area contributed by atoms with Crippen LogP contribution in [0.5, 0.6) is 0 Å². The Morgan fingerprint density at radius 1 is 0.964 bits per heavy atom. The molecule has 0 spiro atoms. The van der Waals surface area contributed by atoms with Crippen LogP contribution in [0.1, 0.15) is 18.1 Å². The summed E-state index contributed by atoms with van der Waals surface area (Å²) in [6.07, 6.45) is 0.697. The fourth-order valence-corrected chi connectivity index (χ4v) is 4.35. The second kappa shape index (κ2) is 8.33. The first-order chi connectivity index (χ1) is 13.6. The summed E-state index contributed by atoms with van der Waals surface area (Å²) in [5.74, 6) is 0.119. The van der Waals surface area contributed by atoms with Crippen LogP contribution in [0.3, 0.4) is 0 Å². The van der Waals surface area contributed by atoms with Gasteiger partial charge >= 0.3 is 0 Å². The van der Waals surface area contributed by atoms with E-state index < -0.39 is 0 Å². The second-order valence-corrected chi connectivity index (χ2v) is 7.97. The molecule has 5 nitrogen and oxygen atoms in total. The third-order valence-electron chi connectivity index (χ3n) is 6.07. The highest BCUT2D eigenvalue weighted by atomic mass is 16.2. The van der Waals surface area contributed by atoms with Crippen LogP contribution >= 0.6 is 0 Å². The lowest BCUT2D eigenvalue weighted by atomic mass is 9.90. The lowest BCUT2D eigenvalue weighted by Gasteiger charge is -2.45. The third kappa shape index (κ3) is 4.05. The van der Waals surface area contributed by atoms with E-state index in [9.17, 15) is 4.79 Å². The Morgan fingerprint density at radius 3 is 2.32 bits per heavy atom. The van der Waals surface area contributed by atoms with E-state index in [-0.39, 0.29) is 24.2 Å². The van der Waals surface area contributed by atoms with Gasteiger partial charge in [0.05, 0.1) is 5.92 Å². The number of rotatable bonds is 4. The molecule has 0 saturated carbocycles. The molecular weight excluding hydrogens is 348 g/mol. The Labute approximate surface area is 167 Å². The average Bonchev–Trinajstić information content (AvgIpc) is 2.72.